The van der Waals surface area contributed by atoms with Crippen LogP contribution in [0.15, 0.2) is 34.9 Å². The highest BCUT2D eigenvalue weighted by atomic mass is 35.5. The Bertz CT molecular complexity index is 647. The summed E-state index contributed by atoms with van der Waals surface area (Å²) in [4.78, 5) is 16.2. The van der Waals surface area contributed by atoms with Crippen molar-refractivity contribution >= 4 is 42.3 Å². The molecule has 1 heterocycles. The Hall–Kier alpha value is -1.27. The second-order valence-electron chi connectivity index (χ2n) is 5.77. The van der Waals surface area contributed by atoms with E-state index in [9.17, 15) is 4.79 Å². The van der Waals surface area contributed by atoms with Gasteiger partial charge in [-0.1, -0.05) is 31.4 Å². The lowest BCUT2D eigenvalue weighted by molar-refractivity contribution is -0.121. The third kappa shape index (κ3) is 7.96. The van der Waals surface area contributed by atoms with Crippen molar-refractivity contribution in [1.29, 1.82) is 0 Å². The van der Waals surface area contributed by atoms with E-state index in [1.165, 1.54) is 0 Å². The van der Waals surface area contributed by atoms with Gasteiger partial charge in [0.1, 0.15) is 0 Å². The Morgan fingerprint density at radius 3 is 2.62 bits per heavy atom. The van der Waals surface area contributed by atoms with Crippen LogP contribution >= 0.6 is 36.4 Å². The number of amides is 1. The summed E-state index contributed by atoms with van der Waals surface area (Å²) in [5.41, 5.74) is 6.60. The average Bonchev–Trinajstić information content (AvgIpc) is 3.06. The zero-order valence-corrected chi connectivity index (χ0v) is 17.1. The van der Waals surface area contributed by atoms with Gasteiger partial charge in [-0.2, -0.15) is 0 Å². The number of nitrogens with two attached hydrogens (primary N) is 1. The molecule has 3 N–H and O–H groups in total. The number of carbonyl (C=O) groups excluding carboxylic acids is 1. The van der Waals surface area contributed by atoms with Crippen molar-refractivity contribution in [3.05, 3.63) is 41.4 Å². The fourth-order valence-corrected chi connectivity index (χ4v) is 2.52. The molecule has 26 heavy (non-hydrogen) atoms. The second-order valence-corrected chi connectivity index (χ2v) is 6.20. The molecule has 1 amide bonds. The van der Waals surface area contributed by atoms with Crippen molar-refractivity contribution in [2.24, 2.45) is 5.73 Å². The van der Waals surface area contributed by atoms with Crippen molar-refractivity contribution in [3.8, 4) is 11.3 Å². The van der Waals surface area contributed by atoms with Crippen molar-refractivity contribution in [2.45, 2.75) is 45.1 Å². The van der Waals surface area contributed by atoms with Crippen LogP contribution in [0, 0.1) is 0 Å². The number of aryl methyl sites for hydroxylation is 1. The van der Waals surface area contributed by atoms with Crippen LogP contribution in [0.4, 0.5) is 0 Å². The summed E-state index contributed by atoms with van der Waals surface area (Å²) in [5, 5.41) is 3.64. The van der Waals surface area contributed by atoms with Gasteiger partial charge >= 0.3 is 0 Å². The molecule has 1 atom stereocenters. The molecule has 5 nitrogen and oxygen atoms in total. The number of halogens is 3. The number of unbranched alkanes of at least 4 members (excludes halogenated alkanes) is 1. The number of aromatic nitrogens is 1. The van der Waals surface area contributed by atoms with E-state index < -0.39 is 0 Å². The average molecular weight is 423 g/mol. The monoisotopic (exact) mass is 421 g/mol. The predicted octanol–water partition coefficient (Wildman–Crippen LogP) is 4.40. The summed E-state index contributed by atoms with van der Waals surface area (Å²) in [6.07, 6.45) is 5.54. The maximum atomic E-state index is 12.0. The van der Waals surface area contributed by atoms with Gasteiger partial charge in [-0.3, -0.25) is 4.79 Å². The van der Waals surface area contributed by atoms with Crippen molar-refractivity contribution in [3.63, 3.8) is 0 Å². The highest BCUT2D eigenvalue weighted by Gasteiger charge is 2.12. The Morgan fingerprint density at radius 1 is 1.31 bits per heavy atom. The molecule has 0 aliphatic rings. The van der Waals surface area contributed by atoms with Crippen LogP contribution in [0.1, 0.15) is 38.5 Å². The summed E-state index contributed by atoms with van der Waals surface area (Å²) in [5.74, 6) is 1.20. The van der Waals surface area contributed by atoms with E-state index in [-0.39, 0.29) is 36.8 Å². The minimum absolute atomic E-state index is 0. The van der Waals surface area contributed by atoms with E-state index in [2.05, 4.69) is 17.2 Å². The van der Waals surface area contributed by atoms with Crippen LogP contribution < -0.4 is 11.1 Å². The Labute approximate surface area is 171 Å². The number of hydrogen-bond acceptors (Lipinski definition) is 4. The van der Waals surface area contributed by atoms with Crippen LogP contribution in [-0.2, 0) is 11.2 Å². The quantitative estimate of drug-likeness (QED) is 0.627. The lowest BCUT2D eigenvalue weighted by Gasteiger charge is -2.16. The predicted molar refractivity (Wildman–Crippen MR) is 110 cm³/mol. The molecule has 0 saturated carbocycles. The second kappa shape index (κ2) is 13.0. The molecule has 0 aliphatic carbocycles. The van der Waals surface area contributed by atoms with Crippen molar-refractivity contribution < 1.29 is 9.21 Å². The van der Waals surface area contributed by atoms with Gasteiger partial charge in [-0.05, 0) is 30.7 Å². The molecule has 0 saturated heterocycles. The molecule has 2 rings (SSSR count). The number of carbonyl (C=O) groups is 1. The van der Waals surface area contributed by atoms with Gasteiger partial charge in [-0.25, -0.2) is 4.98 Å². The molecule has 0 aliphatic heterocycles. The van der Waals surface area contributed by atoms with Gasteiger partial charge in [0, 0.05) is 36.0 Å². The first-order valence-corrected chi connectivity index (χ1v) is 8.70. The number of oxazole rings is 1. The minimum atomic E-state index is -0.0206. The van der Waals surface area contributed by atoms with Crippen molar-refractivity contribution in [1.82, 2.24) is 10.3 Å². The van der Waals surface area contributed by atoms with Gasteiger partial charge in [-0.15, -0.1) is 24.8 Å². The van der Waals surface area contributed by atoms with E-state index in [0.29, 0.717) is 36.1 Å². The molecule has 0 radical (unpaired) electrons. The summed E-state index contributed by atoms with van der Waals surface area (Å²) in [7, 11) is 0. The number of benzene rings is 1. The minimum Gasteiger partial charge on any atom is -0.441 e. The first-order valence-electron chi connectivity index (χ1n) is 8.32. The smallest absolute Gasteiger partial charge is 0.220 e. The Morgan fingerprint density at radius 2 is 2.00 bits per heavy atom. The third-order valence-corrected chi connectivity index (χ3v) is 4.06. The standard InChI is InChI=1S/C18H24ClN3O2.2ClH/c1-2-3-4-15(11-20)22-17(23)9-10-18-21-12-16(24-18)13-5-7-14(19)8-6-13;;/h5-8,12,15H,2-4,9-11,20H2,1H3,(H,22,23);2*1H. The molecule has 8 heteroatoms. The van der Waals surface area contributed by atoms with E-state index in [0.717, 1.165) is 24.8 Å². The largest absolute Gasteiger partial charge is 0.441 e. The van der Waals surface area contributed by atoms with Gasteiger partial charge in [0.05, 0.1) is 6.20 Å². The maximum absolute atomic E-state index is 12.0. The van der Waals surface area contributed by atoms with Crippen molar-refractivity contribution in [2.75, 3.05) is 6.54 Å². The lowest BCUT2D eigenvalue weighted by atomic mass is 10.1. The number of nitrogens with one attached hydrogen (secondary N) is 1. The molecular formula is C18H26Cl3N3O2. The molecule has 0 bridgehead atoms. The van der Waals surface area contributed by atoms with E-state index >= 15 is 0 Å². The number of rotatable bonds is 9. The Balaban J connectivity index is 0.00000312. The zero-order valence-electron chi connectivity index (χ0n) is 14.7. The SMILES string of the molecule is CCCCC(CN)NC(=O)CCc1ncc(-c2ccc(Cl)cc2)o1.Cl.Cl. The summed E-state index contributed by atoms with van der Waals surface area (Å²) >= 11 is 5.87. The molecular weight excluding hydrogens is 397 g/mol. The fraction of sp³-hybridized carbons (Fsp3) is 0.444. The van der Waals surface area contributed by atoms with Crippen LogP contribution in [-0.4, -0.2) is 23.5 Å². The van der Waals surface area contributed by atoms with Gasteiger partial charge in [0.2, 0.25) is 5.91 Å². The highest BCUT2D eigenvalue weighted by molar-refractivity contribution is 6.30. The molecule has 0 fully saturated rings. The van der Waals surface area contributed by atoms with Crippen LogP contribution in [0.5, 0.6) is 0 Å². The molecule has 1 unspecified atom stereocenters. The number of hydrogen-bond donors (Lipinski definition) is 2. The summed E-state index contributed by atoms with van der Waals surface area (Å²) in [6.45, 7) is 2.59. The van der Waals surface area contributed by atoms with Gasteiger partial charge in [0.15, 0.2) is 11.7 Å². The van der Waals surface area contributed by atoms with E-state index in [1.807, 2.05) is 12.1 Å². The summed E-state index contributed by atoms with van der Waals surface area (Å²) in [6, 6.07) is 7.40. The highest BCUT2D eigenvalue weighted by Crippen LogP contribution is 2.22. The topological polar surface area (TPSA) is 81.1 Å². The third-order valence-electron chi connectivity index (χ3n) is 3.80. The van der Waals surface area contributed by atoms with E-state index in [4.69, 9.17) is 21.8 Å². The number of nitrogens with zero attached hydrogens (tertiary/aromatic N) is 1. The molecule has 0 spiro atoms. The molecule has 1 aromatic heterocycles. The van der Waals surface area contributed by atoms with Crippen LogP contribution in [0.25, 0.3) is 11.3 Å². The fourth-order valence-electron chi connectivity index (χ4n) is 2.39. The van der Waals surface area contributed by atoms with Gasteiger partial charge < -0.3 is 15.5 Å². The molecule has 2 aromatic rings. The van der Waals surface area contributed by atoms with E-state index in [1.54, 1.807) is 18.3 Å². The lowest BCUT2D eigenvalue weighted by Crippen LogP contribution is -2.40. The summed E-state index contributed by atoms with van der Waals surface area (Å²) < 4.78 is 5.70. The van der Waals surface area contributed by atoms with Gasteiger partial charge in [0.25, 0.3) is 0 Å². The van der Waals surface area contributed by atoms with Crippen LogP contribution in [0.3, 0.4) is 0 Å². The van der Waals surface area contributed by atoms with Crippen LogP contribution in [0.2, 0.25) is 5.02 Å². The normalized spacial score (nSPS) is 11.2. The first kappa shape index (κ1) is 24.7. The maximum Gasteiger partial charge on any atom is 0.220 e. The zero-order chi connectivity index (χ0) is 17.4. The Kier molecular flexibility index (Phi) is 12.3. The molecule has 1 aromatic carbocycles. The first-order chi connectivity index (χ1) is 11.6. The molecule has 146 valence electrons.